The van der Waals surface area contributed by atoms with Gasteiger partial charge < -0.3 is 10.6 Å². The van der Waals surface area contributed by atoms with Gasteiger partial charge in [-0.3, -0.25) is 9.29 Å². The molecule has 0 aliphatic carbocycles. The van der Waals surface area contributed by atoms with Crippen LogP contribution in [-0.2, 0) is 16.6 Å². The van der Waals surface area contributed by atoms with Gasteiger partial charge in [-0.2, -0.15) is 0 Å². The number of sulfonamides is 1. The summed E-state index contributed by atoms with van der Waals surface area (Å²) in [7, 11) is -3.88. The molecule has 2 N–H and O–H groups in total. The van der Waals surface area contributed by atoms with Crippen LogP contribution in [0.3, 0.4) is 0 Å². The fraction of sp³-hybridized carbons (Fsp3) is 0.0909. The van der Waals surface area contributed by atoms with Gasteiger partial charge in [-0.05, 0) is 64.0 Å². The molecule has 0 radical (unpaired) electrons. The number of benzene rings is 2. The summed E-state index contributed by atoms with van der Waals surface area (Å²) in [6.45, 7) is 0.194. The van der Waals surface area contributed by atoms with Crippen LogP contribution >= 0.6 is 15.9 Å². The molecule has 1 aromatic heterocycles. The third-order valence-corrected chi connectivity index (χ3v) is 7.01. The lowest BCUT2D eigenvalue weighted by atomic mass is 10.2. The molecule has 0 aliphatic heterocycles. The lowest BCUT2D eigenvalue weighted by Crippen LogP contribution is -2.31. The van der Waals surface area contributed by atoms with Crippen molar-refractivity contribution in [1.29, 1.82) is 0 Å². The van der Waals surface area contributed by atoms with E-state index in [2.05, 4.69) is 37.5 Å². The topological polar surface area (TPSA) is 91.4 Å². The van der Waals surface area contributed by atoms with Gasteiger partial charge in [0.15, 0.2) is 0 Å². The predicted molar refractivity (Wildman–Crippen MR) is 124 cm³/mol. The van der Waals surface area contributed by atoms with Crippen molar-refractivity contribution in [3.05, 3.63) is 83.1 Å². The summed E-state index contributed by atoms with van der Waals surface area (Å²) < 4.78 is 27.9. The largest absolute Gasteiger partial charge is 0.334 e. The van der Waals surface area contributed by atoms with Crippen LogP contribution in [0.4, 0.5) is 16.2 Å². The number of rotatable bonds is 7. The molecule has 31 heavy (non-hydrogen) atoms. The number of urea groups is 1. The van der Waals surface area contributed by atoms with Gasteiger partial charge in [0, 0.05) is 29.1 Å². The summed E-state index contributed by atoms with van der Waals surface area (Å²) in [4.78, 5) is 16.2. The Morgan fingerprint density at radius 2 is 1.84 bits per heavy atom. The molecular formula is C22H19BrN4O3S. The molecule has 0 saturated carbocycles. The molecule has 3 aromatic rings. The zero-order chi connectivity index (χ0) is 22.3. The van der Waals surface area contributed by atoms with Crippen molar-refractivity contribution in [1.82, 2.24) is 10.3 Å². The van der Waals surface area contributed by atoms with Crippen molar-refractivity contribution >= 4 is 43.4 Å². The monoisotopic (exact) mass is 498 g/mol. The van der Waals surface area contributed by atoms with Crippen LogP contribution in [0.1, 0.15) is 5.56 Å². The lowest BCUT2D eigenvalue weighted by molar-refractivity contribution is 0.251. The number of carbonyl (C=O) groups excluding carboxylic acids is 1. The standard InChI is InChI=1S/C22H19BrN4O3S/c1-2-14-27(31(29,30)21-8-4-3-7-20(21)23)19-11-9-18(10-12-19)26-22(28)25-16-17-6-5-13-24-15-17/h1,3-13,15H,14,16H2,(H2,25,26,28). The number of halogens is 1. The van der Waals surface area contributed by atoms with Crippen molar-refractivity contribution in [2.75, 3.05) is 16.2 Å². The molecule has 0 unspecified atom stereocenters. The van der Waals surface area contributed by atoms with Gasteiger partial charge in [0.05, 0.1) is 12.2 Å². The first-order valence-electron chi connectivity index (χ1n) is 9.16. The van der Waals surface area contributed by atoms with E-state index < -0.39 is 16.1 Å². The Hall–Kier alpha value is -3.35. The Balaban J connectivity index is 1.73. The Morgan fingerprint density at radius 3 is 2.48 bits per heavy atom. The van der Waals surface area contributed by atoms with Gasteiger partial charge >= 0.3 is 6.03 Å². The molecule has 3 rings (SSSR count). The summed E-state index contributed by atoms with van der Waals surface area (Å²) in [5.74, 6) is 2.39. The average Bonchev–Trinajstić information content (AvgIpc) is 2.77. The molecule has 0 bridgehead atoms. The maximum atomic E-state index is 13.1. The first-order chi connectivity index (χ1) is 14.9. The quantitative estimate of drug-likeness (QED) is 0.481. The van der Waals surface area contributed by atoms with Crippen LogP contribution in [0.15, 0.2) is 82.4 Å². The maximum Gasteiger partial charge on any atom is 0.319 e. The normalized spacial score (nSPS) is 10.7. The molecule has 0 atom stereocenters. The van der Waals surface area contributed by atoms with Gasteiger partial charge in [-0.1, -0.05) is 24.1 Å². The Bertz CT molecular complexity index is 1190. The van der Waals surface area contributed by atoms with E-state index in [0.717, 1.165) is 9.87 Å². The molecule has 0 spiro atoms. The molecule has 9 heteroatoms. The molecule has 0 fully saturated rings. The average molecular weight is 499 g/mol. The summed E-state index contributed by atoms with van der Waals surface area (Å²) >= 11 is 3.28. The molecule has 2 amide bonds. The Labute approximate surface area is 189 Å². The predicted octanol–water partition coefficient (Wildman–Crippen LogP) is 3.99. The highest BCUT2D eigenvalue weighted by Gasteiger charge is 2.26. The zero-order valence-corrected chi connectivity index (χ0v) is 18.7. The highest BCUT2D eigenvalue weighted by molar-refractivity contribution is 9.10. The molecular weight excluding hydrogens is 480 g/mol. The minimum absolute atomic E-state index is 0.113. The van der Waals surface area contributed by atoms with E-state index >= 15 is 0 Å². The molecule has 1 heterocycles. The minimum Gasteiger partial charge on any atom is -0.334 e. The van der Waals surface area contributed by atoms with Crippen LogP contribution in [0.2, 0.25) is 0 Å². The maximum absolute atomic E-state index is 13.1. The van der Waals surface area contributed by atoms with E-state index in [1.165, 1.54) is 6.07 Å². The Morgan fingerprint density at radius 1 is 1.10 bits per heavy atom. The van der Waals surface area contributed by atoms with Crippen molar-refractivity contribution in [2.24, 2.45) is 0 Å². The summed E-state index contributed by atoms with van der Waals surface area (Å²) in [6, 6.07) is 16.2. The number of nitrogens with zero attached hydrogens (tertiary/aromatic N) is 2. The van der Waals surface area contributed by atoms with Crippen LogP contribution in [-0.4, -0.2) is 26.0 Å². The van der Waals surface area contributed by atoms with Crippen molar-refractivity contribution in [3.63, 3.8) is 0 Å². The van der Waals surface area contributed by atoms with Crippen LogP contribution < -0.4 is 14.9 Å². The van der Waals surface area contributed by atoms with Gasteiger partial charge in [0.25, 0.3) is 10.0 Å². The number of aromatic nitrogens is 1. The fourth-order valence-corrected chi connectivity index (χ4v) is 5.09. The first-order valence-corrected chi connectivity index (χ1v) is 11.4. The van der Waals surface area contributed by atoms with E-state index in [0.29, 0.717) is 22.4 Å². The number of pyridine rings is 1. The molecule has 0 aliphatic rings. The van der Waals surface area contributed by atoms with Crippen LogP contribution in [0.25, 0.3) is 0 Å². The van der Waals surface area contributed by atoms with E-state index in [1.54, 1.807) is 60.9 Å². The van der Waals surface area contributed by atoms with E-state index in [4.69, 9.17) is 6.42 Å². The van der Waals surface area contributed by atoms with Crippen molar-refractivity contribution < 1.29 is 13.2 Å². The zero-order valence-electron chi connectivity index (χ0n) is 16.3. The number of carbonyl (C=O) groups is 1. The first kappa shape index (κ1) is 22.3. The second-order valence-corrected chi connectivity index (χ2v) is 9.05. The number of anilines is 2. The third kappa shape index (κ3) is 5.63. The van der Waals surface area contributed by atoms with Gasteiger partial charge in [-0.15, -0.1) is 6.42 Å². The summed E-state index contributed by atoms with van der Waals surface area (Å²) in [5.41, 5.74) is 1.76. The van der Waals surface area contributed by atoms with Crippen molar-refractivity contribution in [3.8, 4) is 12.3 Å². The molecule has 7 nitrogen and oxygen atoms in total. The second kappa shape index (κ2) is 10.1. The van der Waals surface area contributed by atoms with Gasteiger partial charge in [0.2, 0.25) is 0 Å². The second-order valence-electron chi connectivity index (χ2n) is 6.36. The number of terminal acetylenes is 1. The SMILES string of the molecule is C#CCN(c1ccc(NC(=O)NCc2cccnc2)cc1)S(=O)(=O)c1ccccc1Br. The van der Waals surface area contributed by atoms with E-state index in [9.17, 15) is 13.2 Å². The van der Waals surface area contributed by atoms with Gasteiger partial charge in [0.1, 0.15) is 4.90 Å². The minimum atomic E-state index is -3.88. The third-order valence-electron chi connectivity index (χ3n) is 4.23. The van der Waals surface area contributed by atoms with Crippen LogP contribution in [0.5, 0.6) is 0 Å². The van der Waals surface area contributed by atoms with Gasteiger partial charge in [-0.25, -0.2) is 13.2 Å². The Kier molecular flexibility index (Phi) is 7.28. The number of nitrogens with one attached hydrogen (secondary N) is 2. The lowest BCUT2D eigenvalue weighted by Gasteiger charge is -2.23. The molecule has 158 valence electrons. The van der Waals surface area contributed by atoms with Crippen molar-refractivity contribution in [2.45, 2.75) is 11.4 Å². The van der Waals surface area contributed by atoms with E-state index in [1.807, 2.05) is 6.07 Å². The van der Waals surface area contributed by atoms with Crippen LogP contribution in [0, 0.1) is 12.3 Å². The fourth-order valence-electron chi connectivity index (χ4n) is 2.74. The summed E-state index contributed by atoms with van der Waals surface area (Å²) in [6.07, 6.45) is 8.74. The molecule has 0 saturated heterocycles. The number of amides is 2. The van der Waals surface area contributed by atoms with E-state index in [-0.39, 0.29) is 11.4 Å². The highest BCUT2D eigenvalue weighted by Crippen LogP contribution is 2.29. The smallest absolute Gasteiger partial charge is 0.319 e. The molecule has 2 aromatic carbocycles. The number of hydrogen-bond acceptors (Lipinski definition) is 4. The number of hydrogen-bond donors (Lipinski definition) is 2. The summed E-state index contributed by atoms with van der Waals surface area (Å²) in [5, 5.41) is 5.43. The highest BCUT2D eigenvalue weighted by atomic mass is 79.9.